The maximum absolute atomic E-state index is 10.3. The Labute approximate surface area is 154 Å². The molecule has 1 heterocycles. The number of nitrogens with zero attached hydrogens (tertiary/aromatic N) is 1. The third kappa shape index (κ3) is 5.11. The minimum Gasteiger partial charge on any atom is -0.490 e. The molecular weight excluding hydrogens is 336 g/mol. The van der Waals surface area contributed by atoms with Crippen LogP contribution in [0.15, 0.2) is 48.5 Å². The second kappa shape index (κ2) is 8.56. The SMILES string of the molecule is Cc1cc(Cl)ccc1OC[C@H](O)C[NH+]1CCN(c2ccccc2)CC1. The van der Waals surface area contributed by atoms with Crippen LogP contribution in [0.1, 0.15) is 5.56 Å². The number of aliphatic hydroxyl groups is 1. The van der Waals surface area contributed by atoms with Crippen molar-refractivity contribution in [1.29, 1.82) is 0 Å². The predicted octanol–water partition coefficient (Wildman–Crippen LogP) is 1.79. The lowest BCUT2D eigenvalue weighted by Crippen LogP contribution is -3.16. The van der Waals surface area contributed by atoms with Crippen molar-refractivity contribution in [2.75, 3.05) is 44.2 Å². The number of aliphatic hydroxyl groups excluding tert-OH is 1. The van der Waals surface area contributed by atoms with Gasteiger partial charge in [0.2, 0.25) is 0 Å². The fraction of sp³-hybridized carbons (Fsp3) is 0.400. The average molecular weight is 362 g/mol. The van der Waals surface area contributed by atoms with E-state index in [-0.39, 0.29) is 0 Å². The van der Waals surface area contributed by atoms with Crippen molar-refractivity contribution in [3.05, 3.63) is 59.1 Å². The molecule has 0 amide bonds. The van der Waals surface area contributed by atoms with Gasteiger partial charge in [-0.3, -0.25) is 0 Å². The number of hydrogen-bond acceptors (Lipinski definition) is 3. The molecule has 5 heteroatoms. The Kier molecular flexibility index (Phi) is 6.19. The van der Waals surface area contributed by atoms with Crippen LogP contribution in [0.25, 0.3) is 0 Å². The first-order chi connectivity index (χ1) is 12.1. The van der Waals surface area contributed by atoms with Gasteiger partial charge in [0.1, 0.15) is 25.0 Å². The molecule has 0 aliphatic carbocycles. The van der Waals surface area contributed by atoms with Crippen LogP contribution >= 0.6 is 11.6 Å². The van der Waals surface area contributed by atoms with E-state index < -0.39 is 6.10 Å². The quantitative estimate of drug-likeness (QED) is 0.823. The van der Waals surface area contributed by atoms with E-state index in [0.717, 1.165) is 44.0 Å². The summed E-state index contributed by atoms with van der Waals surface area (Å²) in [5.74, 6) is 0.785. The molecule has 0 radical (unpaired) electrons. The highest BCUT2D eigenvalue weighted by Crippen LogP contribution is 2.21. The van der Waals surface area contributed by atoms with Gasteiger partial charge in [0.15, 0.2) is 0 Å². The molecule has 0 unspecified atom stereocenters. The molecule has 0 saturated carbocycles. The minimum atomic E-state index is -0.464. The first-order valence-electron chi connectivity index (χ1n) is 8.82. The lowest BCUT2D eigenvalue weighted by atomic mass is 10.2. The molecule has 134 valence electrons. The fourth-order valence-corrected chi connectivity index (χ4v) is 3.50. The molecule has 25 heavy (non-hydrogen) atoms. The van der Waals surface area contributed by atoms with E-state index >= 15 is 0 Å². The molecule has 1 fully saturated rings. The van der Waals surface area contributed by atoms with Gasteiger partial charge >= 0.3 is 0 Å². The van der Waals surface area contributed by atoms with Crippen LogP contribution in [-0.2, 0) is 0 Å². The molecular formula is C20H26ClN2O2+. The van der Waals surface area contributed by atoms with Crippen LogP contribution in [0.5, 0.6) is 5.75 Å². The average Bonchev–Trinajstić information content (AvgIpc) is 2.62. The van der Waals surface area contributed by atoms with Gasteiger partial charge in [-0.25, -0.2) is 0 Å². The number of hydrogen-bond donors (Lipinski definition) is 2. The lowest BCUT2D eigenvalue weighted by Gasteiger charge is -2.34. The Balaban J connectivity index is 1.42. The Morgan fingerprint density at radius 1 is 1.16 bits per heavy atom. The Morgan fingerprint density at radius 3 is 2.56 bits per heavy atom. The number of para-hydroxylation sites is 1. The van der Waals surface area contributed by atoms with Crippen LogP contribution in [0.4, 0.5) is 5.69 Å². The molecule has 2 aromatic carbocycles. The summed E-state index contributed by atoms with van der Waals surface area (Å²) >= 11 is 5.95. The van der Waals surface area contributed by atoms with Gasteiger partial charge < -0.3 is 19.6 Å². The Hall–Kier alpha value is -1.75. The lowest BCUT2D eigenvalue weighted by molar-refractivity contribution is -0.903. The first kappa shape index (κ1) is 18.1. The Bertz CT molecular complexity index is 673. The molecule has 1 saturated heterocycles. The van der Waals surface area contributed by atoms with E-state index in [1.54, 1.807) is 0 Å². The summed E-state index contributed by atoms with van der Waals surface area (Å²) in [4.78, 5) is 3.83. The van der Waals surface area contributed by atoms with Crippen molar-refractivity contribution in [2.45, 2.75) is 13.0 Å². The second-order valence-electron chi connectivity index (χ2n) is 6.65. The monoisotopic (exact) mass is 361 g/mol. The molecule has 0 aromatic heterocycles. The van der Waals surface area contributed by atoms with Crippen molar-refractivity contribution >= 4 is 17.3 Å². The summed E-state index contributed by atoms with van der Waals surface area (Å²) in [6.07, 6.45) is -0.464. The third-order valence-corrected chi connectivity index (χ3v) is 4.92. The van der Waals surface area contributed by atoms with Gasteiger partial charge in [-0.15, -0.1) is 0 Å². The summed E-state index contributed by atoms with van der Waals surface area (Å²) in [5, 5.41) is 11.0. The van der Waals surface area contributed by atoms with Crippen molar-refractivity contribution in [1.82, 2.24) is 0 Å². The first-order valence-corrected chi connectivity index (χ1v) is 9.20. The summed E-state index contributed by atoms with van der Waals surface area (Å²) in [5.41, 5.74) is 2.27. The van der Waals surface area contributed by atoms with Crippen molar-refractivity contribution in [3.63, 3.8) is 0 Å². The van der Waals surface area contributed by atoms with E-state index in [1.165, 1.54) is 10.6 Å². The topological polar surface area (TPSA) is 37.1 Å². The van der Waals surface area contributed by atoms with Crippen LogP contribution in [-0.4, -0.2) is 50.5 Å². The van der Waals surface area contributed by atoms with Gasteiger partial charge in [0.25, 0.3) is 0 Å². The van der Waals surface area contributed by atoms with Gasteiger partial charge in [0.05, 0.1) is 26.2 Å². The zero-order chi connectivity index (χ0) is 17.6. The van der Waals surface area contributed by atoms with Crippen LogP contribution in [0, 0.1) is 6.92 Å². The zero-order valence-electron chi connectivity index (χ0n) is 14.6. The summed E-state index contributed by atoms with van der Waals surface area (Å²) < 4.78 is 5.75. The number of anilines is 1. The number of aryl methyl sites for hydroxylation is 1. The fourth-order valence-electron chi connectivity index (χ4n) is 3.28. The summed E-state index contributed by atoms with van der Waals surface area (Å²) in [6, 6.07) is 16.0. The van der Waals surface area contributed by atoms with E-state index in [9.17, 15) is 5.11 Å². The number of quaternary nitrogens is 1. The van der Waals surface area contributed by atoms with Gasteiger partial charge in [-0.05, 0) is 42.8 Å². The molecule has 0 bridgehead atoms. The van der Waals surface area contributed by atoms with E-state index in [2.05, 4.69) is 29.2 Å². The van der Waals surface area contributed by atoms with E-state index in [1.807, 2.05) is 31.2 Å². The normalized spacial score (nSPS) is 16.7. The highest BCUT2D eigenvalue weighted by Gasteiger charge is 2.22. The van der Waals surface area contributed by atoms with Crippen molar-refractivity contribution in [2.24, 2.45) is 0 Å². The Morgan fingerprint density at radius 2 is 1.88 bits per heavy atom. The maximum Gasteiger partial charge on any atom is 0.137 e. The number of benzene rings is 2. The van der Waals surface area contributed by atoms with Gasteiger partial charge in [-0.1, -0.05) is 29.8 Å². The van der Waals surface area contributed by atoms with Gasteiger partial charge in [0, 0.05) is 10.7 Å². The standard InChI is InChI=1S/C20H25ClN2O2/c1-16-13-17(21)7-8-20(16)25-15-19(24)14-22-9-11-23(12-10-22)18-5-3-2-4-6-18/h2-8,13,19,24H,9-12,14-15H2,1H3/p+1/t19-/m1/s1. The summed E-state index contributed by atoms with van der Waals surface area (Å²) in [6.45, 7) is 7.09. The van der Waals surface area contributed by atoms with Crippen molar-refractivity contribution < 1.29 is 14.7 Å². The zero-order valence-corrected chi connectivity index (χ0v) is 15.4. The molecule has 2 N–H and O–H groups in total. The molecule has 1 atom stereocenters. The largest absolute Gasteiger partial charge is 0.490 e. The molecule has 1 aliphatic heterocycles. The minimum absolute atomic E-state index is 0.314. The molecule has 1 aliphatic rings. The molecule has 4 nitrogen and oxygen atoms in total. The predicted molar refractivity (Wildman–Crippen MR) is 102 cm³/mol. The molecule has 0 spiro atoms. The van der Waals surface area contributed by atoms with Crippen LogP contribution in [0.2, 0.25) is 5.02 Å². The number of ether oxygens (including phenoxy) is 1. The highest BCUT2D eigenvalue weighted by atomic mass is 35.5. The number of nitrogens with one attached hydrogen (secondary N) is 1. The van der Waals surface area contributed by atoms with E-state index in [4.69, 9.17) is 16.3 Å². The van der Waals surface area contributed by atoms with Gasteiger partial charge in [-0.2, -0.15) is 0 Å². The maximum atomic E-state index is 10.3. The second-order valence-corrected chi connectivity index (χ2v) is 7.09. The van der Waals surface area contributed by atoms with E-state index in [0.29, 0.717) is 11.6 Å². The van der Waals surface area contributed by atoms with Crippen LogP contribution in [0.3, 0.4) is 0 Å². The number of halogens is 1. The molecule has 2 aromatic rings. The smallest absolute Gasteiger partial charge is 0.137 e. The molecule has 3 rings (SSSR count). The highest BCUT2D eigenvalue weighted by molar-refractivity contribution is 6.30. The number of rotatable bonds is 6. The van der Waals surface area contributed by atoms with Crippen LogP contribution < -0.4 is 14.5 Å². The number of piperazine rings is 1. The summed E-state index contributed by atoms with van der Waals surface area (Å²) in [7, 11) is 0. The third-order valence-electron chi connectivity index (χ3n) is 4.68. The van der Waals surface area contributed by atoms with Crippen molar-refractivity contribution in [3.8, 4) is 5.75 Å².